The normalized spacial score (nSPS) is 21.4. The van der Waals surface area contributed by atoms with E-state index in [1.807, 2.05) is 44.2 Å². The predicted octanol–water partition coefficient (Wildman–Crippen LogP) is 3.50. The maximum atomic E-state index is 12.9. The Bertz CT molecular complexity index is 878. The molecule has 1 N–H and O–H groups in total. The van der Waals surface area contributed by atoms with Crippen LogP contribution in [-0.2, 0) is 19.6 Å². The zero-order valence-corrected chi connectivity index (χ0v) is 15.8. The zero-order valence-electron chi connectivity index (χ0n) is 14.9. The van der Waals surface area contributed by atoms with Crippen molar-refractivity contribution in [2.24, 2.45) is 0 Å². The standard InChI is InChI=1S/C20H23NO4S/c1-15-8-10-17(11-9-15)26(23,24)21-18(16-6-4-3-5-7-16)14-20(2)13-12-19(22)25-20/h3-11,18,21H,12-14H2,1-2H3/t18-,20+/m1/s1. The first-order valence-corrected chi connectivity index (χ1v) is 10.1. The smallest absolute Gasteiger partial charge is 0.306 e. The largest absolute Gasteiger partial charge is 0.459 e. The fraction of sp³-hybridized carbons (Fsp3) is 0.350. The topological polar surface area (TPSA) is 72.5 Å². The predicted molar refractivity (Wildman–Crippen MR) is 99.0 cm³/mol. The number of hydrogen-bond donors (Lipinski definition) is 1. The van der Waals surface area contributed by atoms with Crippen molar-refractivity contribution < 1.29 is 17.9 Å². The van der Waals surface area contributed by atoms with Crippen LogP contribution in [0.3, 0.4) is 0 Å². The molecule has 0 radical (unpaired) electrons. The quantitative estimate of drug-likeness (QED) is 0.787. The monoisotopic (exact) mass is 373 g/mol. The molecule has 0 unspecified atom stereocenters. The highest BCUT2D eigenvalue weighted by Gasteiger charge is 2.39. The van der Waals surface area contributed by atoms with E-state index in [9.17, 15) is 13.2 Å². The van der Waals surface area contributed by atoms with Gasteiger partial charge in [-0.3, -0.25) is 4.79 Å². The number of cyclic esters (lactones) is 1. The van der Waals surface area contributed by atoms with Crippen LogP contribution in [0.4, 0.5) is 0 Å². The van der Waals surface area contributed by atoms with Crippen LogP contribution < -0.4 is 4.72 Å². The molecule has 2 aromatic rings. The number of carbonyl (C=O) groups excluding carboxylic acids is 1. The molecule has 1 aliphatic rings. The summed E-state index contributed by atoms with van der Waals surface area (Å²) in [7, 11) is -3.70. The maximum absolute atomic E-state index is 12.9. The van der Waals surface area contributed by atoms with E-state index in [1.54, 1.807) is 24.3 Å². The third-order valence-electron chi connectivity index (χ3n) is 4.68. The molecule has 138 valence electrons. The van der Waals surface area contributed by atoms with E-state index in [4.69, 9.17) is 4.74 Å². The Labute approximate surface area is 154 Å². The van der Waals surface area contributed by atoms with Gasteiger partial charge in [0, 0.05) is 12.8 Å². The average molecular weight is 373 g/mol. The van der Waals surface area contributed by atoms with E-state index >= 15 is 0 Å². The second kappa shape index (κ2) is 7.21. The number of nitrogens with one attached hydrogen (secondary N) is 1. The molecule has 1 aliphatic heterocycles. The molecule has 0 spiro atoms. The number of esters is 1. The van der Waals surface area contributed by atoms with Gasteiger partial charge in [-0.25, -0.2) is 13.1 Å². The molecule has 1 fully saturated rings. The summed E-state index contributed by atoms with van der Waals surface area (Å²) >= 11 is 0. The molecule has 5 nitrogen and oxygen atoms in total. The number of hydrogen-bond acceptors (Lipinski definition) is 4. The first-order valence-electron chi connectivity index (χ1n) is 8.63. The molecular weight excluding hydrogens is 350 g/mol. The minimum absolute atomic E-state index is 0.220. The first-order chi connectivity index (χ1) is 12.3. The molecule has 2 atom stereocenters. The molecule has 0 aliphatic carbocycles. The summed E-state index contributed by atoms with van der Waals surface area (Å²) < 4.78 is 34.0. The van der Waals surface area contributed by atoms with Gasteiger partial charge in [0.15, 0.2) is 0 Å². The maximum Gasteiger partial charge on any atom is 0.306 e. The summed E-state index contributed by atoms with van der Waals surface area (Å²) in [5, 5.41) is 0. The van der Waals surface area contributed by atoms with Gasteiger partial charge in [-0.05, 0) is 38.0 Å². The van der Waals surface area contributed by atoms with Gasteiger partial charge in [-0.1, -0.05) is 48.0 Å². The highest BCUT2D eigenvalue weighted by molar-refractivity contribution is 7.89. The molecule has 6 heteroatoms. The van der Waals surface area contributed by atoms with Crippen LogP contribution in [0.1, 0.15) is 43.4 Å². The number of benzene rings is 2. The second-order valence-electron chi connectivity index (χ2n) is 7.03. The summed E-state index contributed by atoms with van der Waals surface area (Å²) in [6.45, 7) is 3.76. The Balaban J connectivity index is 1.88. The molecule has 0 bridgehead atoms. The summed E-state index contributed by atoms with van der Waals surface area (Å²) in [4.78, 5) is 11.8. The molecule has 1 saturated heterocycles. The van der Waals surface area contributed by atoms with Gasteiger partial charge in [-0.2, -0.15) is 0 Å². The Morgan fingerprint density at radius 2 is 1.77 bits per heavy atom. The van der Waals surface area contributed by atoms with E-state index < -0.39 is 21.7 Å². The summed E-state index contributed by atoms with van der Waals surface area (Å²) in [5.74, 6) is -0.235. The van der Waals surface area contributed by atoms with Crippen molar-refractivity contribution in [3.8, 4) is 0 Å². The van der Waals surface area contributed by atoms with Crippen molar-refractivity contribution in [2.75, 3.05) is 0 Å². The number of carbonyl (C=O) groups is 1. The van der Waals surface area contributed by atoms with E-state index in [0.717, 1.165) is 11.1 Å². The van der Waals surface area contributed by atoms with Gasteiger partial charge < -0.3 is 4.74 Å². The molecule has 1 heterocycles. The Morgan fingerprint density at radius 3 is 2.35 bits per heavy atom. The van der Waals surface area contributed by atoms with Crippen molar-refractivity contribution in [1.29, 1.82) is 0 Å². The minimum Gasteiger partial charge on any atom is -0.459 e. The van der Waals surface area contributed by atoms with Crippen LogP contribution in [0.2, 0.25) is 0 Å². The van der Waals surface area contributed by atoms with Crippen LogP contribution in [-0.4, -0.2) is 20.0 Å². The molecule has 26 heavy (non-hydrogen) atoms. The van der Waals surface area contributed by atoms with Gasteiger partial charge in [0.1, 0.15) is 5.60 Å². The lowest BCUT2D eigenvalue weighted by molar-refractivity contribution is -0.147. The molecule has 3 rings (SSSR count). The molecule has 0 saturated carbocycles. The minimum atomic E-state index is -3.70. The number of rotatable bonds is 6. The van der Waals surface area contributed by atoms with E-state index in [-0.39, 0.29) is 10.9 Å². The number of aryl methyl sites for hydroxylation is 1. The van der Waals surface area contributed by atoms with Gasteiger partial charge in [-0.15, -0.1) is 0 Å². The van der Waals surface area contributed by atoms with Gasteiger partial charge >= 0.3 is 5.97 Å². The van der Waals surface area contributed by atoms with Crippen LogP contribution in [0, 0.1) is 6.92 Å². The lowest BCUT2D eigenvalue weighted by atomic mass is 9.91. The first kappa shape index (κ1) is 18.6. The molecule has 0 aromatic heterocycles. The van der Waals surface area contributed by atoms with E-state index in [1.165, 1.54) is 0 Å². The lowest BCUT2D eigenvalue weighted by Gasteiger charge is -2.29. The van der Waals surface area contributed by atoms with Crippen molar-refractivity contribution in [3.63, 3.8) is 0 Å². The number of sulfonamides is 1. The highest BCUT2D eigenvalue weighted by Crippen LogP contribution is 2.35. The summed E-state index contributed by atoms with van der Waals surface area (Å²) in [5.41, 5.74) is 1.16. The van der Waals surface area contributed by atoms with Crippen molar-refractivity contribution in [2.45, 2.75) is 49.6 Å². The van der Waals surface area contributed by atoms with Gasteiger partial charge in [0.05, 0.1) is 10.9 Å². The van der Waals surface area contributed by atoms with Crippen LogP contribution in [0.5, 0.6) is 0 Å². The van der Waals surface area contributed by atoms with Gasteiger partial charge in [0.25, 0.3) is 0 Å². The van der Waals surface area contributed by atoms with E-state index in [2.05, 4.69) is 4.72 Å². The third kappa shape index (κ3) is 4.31. The fourth-order valence-electron chi connectivity index (χ4n) is 3.20. The molecular formula is C20H23NO4S. The summed E-state index contributed by atoms with van der Waals surface area (Å²) in [6.07, 6.45) is 1.33. The van der Waals surface area contributed by atoms with Crippen LogP contribution >= 0.6 is 0 Å². The Morgan fingerprint density at radius 1 is 1.12 bits per heavy atom. The van der Waals surface area contributed by atoms with Crippen molar-refractivity contribution in [3.05, 3.63) is 65.7 Å². The van der Waals surface area contributed by atoms with Gasteiger partial charge in [0.2, 0.25) is 10.0 Å². The fourth-order valence-corrected chi connectivity index (χ4v) is 4.43. The number of ether oxygens (including phenoxy) is 1. The molecule has 0 amide bonds. The highest BCUT2D eigenvalue weighted by atomic mass is 32.2. The summed E-state index contributed by atoms with van der Waals surface area (Å²) in [6, 6.07) is 15.6. The van der Waals surface area contributed by atoms with Crippen LogP contribution in [0.15, 0.2) is 59.5 Å². The lowest BCUT2D eigenvalue weighted by Crippen LogP contribution is -2.35. The third-order valence-corrected chi connectivity index (χ3v) is 6.17. The Hall–Kier alpha value is -2.18. The Kier molecular flexibility index (Phi) is 5.16. The zero-order chi connectivity index (χ0) is 18.8. The van der Waals surface area contributed by atoms with Crippen molar-refractivity contribution >= 4 is 16.0 Å². The average Bonchev–Trinajstić information content (AvgIpc) is 2.94. The molecule has 2 aromatic carbocycles. The SMILES string of the molecule is Cc1ccc(S(=O)(=O)N[C@H](C[C@]2(C)CCC(=O)O2)c2ccccc2)cc1. The van der Waals surface area contributed by atoms with Crippen LogP contribution in [0.25, 0.3) is 0 Å². The second-order valence-corrected chi connectivity index (χ2v) is 8.74. The van der Waals surface area contributed by atoms with E-state index in [0.29, 0.717) is 19.3 Å². The van der Waals surface area contributed by atoms with Crippen molar-refractivity contribution in [1.82, 2.24) is 4.72 Å².